The molecule has 0 spiro atoms. The van der Waals surface area contributed by atoms with E-state index in [0.29, 0.717) is 0 Å². The first-order valence-corrected chi connectivity index (χ1v) is 8.63. The van der Waals surface area contributed by atoms with E-state index >= 15 is 0 Å². The molecule has 0 bridgehead atoms. The van der Waals surface area contributed by atoms with Gasteiger partial charge in [0.2, 0.25) is 0 Å². The van der Waals surface area contributed by atoms with Gasteiger partial charge in [-0.1, -0.05) is 83.1 Å². The van der Waals surface area contributed by atoms with E-state index in [4.69, 9.17) is 4.79 Å². The van der Waals surface area contributed by atoms with Crippen LogP contribution in [0.15, 0.2) is 0 Å². The third-order valence-electron chi connectivity index (χ3n) is 0. The van der Waals surface area contributed by atoms with Gasteiger partial charge < -0.3 is 35.4 Å². The maximum atomic E-state index is 9.53. The van der Waals surface area contributed by atoms with Gasteiger partial charge in [-0.3, -0.25) is 0 Å². The SMILES string of the molecule is C=O.CC(C)[O-].CC(C)[O-].CC(C)[O-].CC(C)[O-].CC(C)[O-].CC(C)[O-].[Co+2].[Ti+4]. The Balaban J connectivity index is -0.0000000214. The molecule has 0 aromatic carbocycles. The molecular weight excluding hydrogens is 447 g/mol. The Bertz CT molecular complexity index is 121. The number of hydrogen-bond donors (Lipinski definition) is 0. The Morgan fingerprint density at radius 2 is 0.393 bits per heavy atom. The largest absolute Gasteiger partial charge is 4.00 e. The number of carbonyl (C=O) groups excluding carboxylic acids is 1. The van der Waals surface area contributed by atoms with E-state index < -0.39 is 36.6 Å². The molecule has 0 heterocycles. The Kier molecular flexibility index (Phi) is 114. The summed E-state index contributed by atoms with van der Waals surface area (Å²) in [5.41, 5.74) is 0. The van der Waals surface area contributed by atoms with Crippen LogP contribution in [0.2, 0.25) is 0 Å². The molecule has 0 aliphatic heterocycles. The van der Waals surface area contributed by atoms with Crippen LogP contribution in [0.5, 0.6) is 0 Å². The van der Waals surface area contributed by atoms with Gasteiger partial charge in [0, 0.05) is 0 Å². The molecule has 1 radical (unpaired) electrons. The van der Waals surface area contributed by atoms with Gasteiger partial charge in [0.25, 0.3) is 0 Å². The Hall–Kier alpha value is 0.651. The average molecular weight is 491 g/mol. The molecule has 7 nitrogen and oxygen atoms in total. The molecule has 0 aliphatic carbocycles. The minimum atomic E-state index is -0.417. The Morgan fingerprint density at radius 3 is 0.393 bits per heavy atom. The van der Waals surface area contributed by atoms with E-state index in [0.717, 1.165) is 0 Å². The second-order valence-electron chi connectivity index (χ2n) is 6.29. The molecular formula is C19H44CoO7Ti. The van der Waals surface area contributed by atoms with Crippen molar-refractivity contribution in [2.45, 2.75) is 120 Å². The fraction of sp³-hybridized carbons (Fsp3) is 0.947. The van der Waals surface area contributed by atoms with E-state index in [-0.39, 0.29) is 38.5 Å². The van der Waals surface area contributed by atoms with Crippen LogP contribution in [-0.2, 0) is 43.3 Å². The maximum absolute atomic E-state index is 9.53. The molecule has 0 aromatic rings. The minimum absolute atomic E-state index is 0. The van der Waals surface area contributed by atoms with Crippen molar-refractivity contribution in [1.82, 2.24) is 0 Å². The van der Waals surface area contributed by atoms with Crippen LogP contribution in [0.25, 0.3) is 0 Å². The van der Waals surface area contributed by atoms with Gasteiger partial charge in [0.1, 0.15) is 6.79 Å². The molecule has 9 heteroatoms. The van der Waals surface area contributed by atoms with Crippen molar-refractivity contribution >= 4 is 6.79 Å². The summed E-state index contributed by atoms with van der Waals surface area (Å²) in [6.07, 6.45) is -2.50. The van der Waals surface area contributed by atoms with Crippen LogP contribution < -0.4 is 30.6 Å². The number of rotatable bonds is 0. The van der Waals surface area contributed by atoms with Gasteiger partial charge >= 0.3 is 38.5 Å². The minimum Gasteiger partial charge on any atom is -0.852 e. The van der Waals surface area contributed by atoms with E-state index in [2.05, 4.69) is 0 Å². The molecule has 0 rings (SSSR count). The smallest absolute Gasteiger partial charge is 0.852 e. The van der Waals surface area contributed by atoms with Crippen molar-refractivity contribution in [3.63, 3.8) is 0 Å². The van der Waals surface area contributed by atoms with Crippen molar-refractivity contribution in [1.29, 1.82) is 0 Å². The average Bonchev–Trinajstić information content (AvgIpc) is 2.25. The van der Waals surface area contributed by atoms with Crippen molar-refractivity contribution in [2.75, 3.05) is 0 Å². The van der Waals surface area contributed by atoms with Crippen molar-refractivity contribution < 1.29 is 73.9 Å². The maximum Gasteiger partial charge on any atom is 4.00 e. The van der Waals surface area contributed by atoms with Crippen molar-refractivity contribution in [3.05, 3.63) is 0 Å². The fourth-order valence-electron chi connectivity index (χ4n) is 0. The van der Waals surface area contributed by atoms with Gasteiger partial charge in [-0.2, -0.15) is 0 Å². The molecule has 0 aliphatic rings. The molecule has 28 heavy (non-hydrogen) atoms. The van der Waals surface area contributed by atoms with E-state index in [1.54, 1.807) is 83.1 Å². The van der Waals surface area contributed by atoms with Crippen molar-refractivity contribution in [3.8, 4) is 0 Å². The number of carbonyl (C=O) groups is 1. The zero-order valence-electron chi connectivity index (χ0n) is 19.9. The number of hydrogen-bond acceptors (Lipinski definition) is 7. The van der Waals surface area contributed by atoms with Crippen LogP contribution in [-0.4, -0.2) is 43.4 Å². The van der Waals surface area contributed by atoms with Crippen LogP contribution in [0.4, 0.5) is 0 Å². The quantitative estimate of drug-likeness (QED) is 0.367. The predicted molar refractivity (Wildman–Crippen MR) is 97.9 cm³/mol. The molecule has 0 aromatic heterocycles. The van der Waals surface area contributed by atoms with Crippen molar-refractivity contribution in [2.24, 2.45) is 0 Å². The zero-order chi connectivity index (χ0) is 23.5. The molecule has 175 valence electrons. The third-order valence-corrected chi connectivity index (χ3v) is 0. The predicted octanol–water partition coefficient (Wildman–Crippen LogP) is -1.66. The standard InChI is InChI=1S/6C3H7O.CH2O.Co.Ti/c6*1-3(2)4;1-2;;/h6*3H,1-2H3;1H2;;/q6*-1;;+2;+4. The van der Waals surface area contributed by atoms with Gasteiger partial charge in [-0.25, -0.2) is 0 Å². The van der Waals surface area contributed by atoms with Gasteiger partial charge in [0.15, 0.2) is 0 Å². The molecule has 0 N–H and O–H groups in total. The van der Waals surface area contributed by atoms with E-state index in [1.165, 1.54) is 0 Å². The molecule has 0 atom stereocenters. The monoisotopic (exact) mass is 491 g/mol. The van der Waals surface area contributed by atoms with E-state index in [9.17, 15) is 30.6 Å². The fourth-order valence-corrected chi connectivity index (χ4v) is 0. The van der Waals surface area contributed by atoms with Gasteiger partial charge in [-0.05, 0) is 0 Å². The summed E-state index contributed by atoms with van der Waals surface area (Å²) >= 11 is 0. The molecule has 0 amide bonds. The second kappa shape index (κ2) is 56.5. The van der Waals surface area contributed by atoms with Crippen LogP contribution in [0.3, 0.4) is 0 Å². The second-order valence-corrected chi connectivity index (χ2v) is 6.29. The molecule has 0 saturated heterocycles. The summed E-state index contributed by atoms with van der Waals surface area (Å²) < 4.78 is 0. The summed E-state index contributed by atoms with van der Waals surface area (Å²) in [7, 11) is 0. The first-order valence-electron chi connectivity index (χ1n) is 8.63. The van der Waals surface area contributed by atoms with Crippen LogP contribution >= 0.6 is 0 Å². The molecule has 0 unspecified atom stereocenters. The first kappa shape index (κ1) is 56.7. The Morgan fingerprint density at radius 1 is 0.393 bits per heavy atom. The zero-order valence-corrected chi connectivity index (χ0v) is 22.5. The Labute approximate surface area is 200 Å². The van der Waals surface area contributed by atoms with Gasteiger partial charge in [-0.15, -0.1) is 36.6 Å². The van der Waals surface area contributed by atoms with Crippen LogP contribution in [0, 0.1) is 0 Å². The summed E-state index contributed by atoms with van der Waals surface area (Å²) in [6, 6.07) is 0. The molecule has 0 fully saturated rings. The normalized spacial score (nSPS) is 7.86. The summed E-state index contributed by atoms with van der Waals surface area (Å²) in [5.74, 6) is 0. The molecule has 0 saturated carbocycles. The summed E-state index contributed by atoms with van der Waals surface area (Å²) in [4.78, 5) is 8.00. The summed E-state index contributed by atoms with van der Waals surface area (Å²) in [6.45, 7) is 21.3. The summed E-state index contributed by atoms with van der Waals surface area (Å²) in [5, 5.41) is 57.2. The topological polar surface area (TPSA) is 155 Å². The van der Waals surface area contributed by atoms with Crippen LogP contribution in [0.1, 0.15) is 83.1 Å². The third kappa shape index (κ3) is 41400. The van der Waals surface area contributed by atoms with Gasteiger partial charge in [0.05, 0.1) is 0 Å². The first-order chi connectivity index (χ1) is 11.4. The van der Waals surface area contributed by atoms with E-state index in [1.807, 2.05) is 6.79 Å².